The summed E-state index contributed by atoms with van der Waals surface area (Å²) in [5, 5.41) is 0.673. The average Bonchev–Trinajstić information content (AvgIpc) is 2.17. The summed E-state index contributed by atoms with van der Waals surface area (Å²) >= 11 is 7.61. The lowest BCUT2D eigenvalue weighted by atomic mass is 10.4. The fourth-order valence-corrected chi connectivity index (χ4v) is 2.35. The molecule has 0 aliphatic rings. The molecule has 0 aromatic carbocycles. The summed E-state index contributed by atoms with van der Waals surface area (Å²) in [6.07, 6.45) is 2.21. The van der Waals surface area contributed by atoms with Crippen LogP contribution in [0.3, 0.4) is 0 Å². The molecule has 0 aromatic heterocycles. The summed E-state index contributed by atoms with van der Waals surface area (Å²) in [4.78, 5) is 0. The smallest absolute Gasteiger partial charge is 0.0700 e. The van der Waals surface area contributed by atoms with E-state index in [2.05, 4.69) is 6.92 Å². The minimum atomic E-state index is 0.673. The van der Waals surface area contributed by atoms with E-state index in [4.69, 9.17) is 21.1 Å². The van der Waals surface area contributed by atoms with Gasteiger partial charge in [0.1, 0.15) is 0 Å². The standard InChI is InChI=1S/C10H21ClO2S/c1-10(4-5-11)14-9-3-6-13-8-7-12-2/h10H,3-9H2,1-2H3. The van der Waals surface area contributed by atoms with Gasteiger partial charge in [0.05, 0.1) is 13.2 Å². The lowest BCUT2D eigenvalue weighted by molar-refractivity contribution is 0.0713. The van der Waals surface area contributed by atoms with Crippen LogP contribution in [0, 0.1) is 0 Å². The zero-order valence-corrected chi connectivity index (χ0v) is 10.7. The Morgan fingerprint density at radius 3 is 2.71 bits per heavy atom. The third-order valence-corrected chi connectivity index (χ3v) is 3.33. The van der Waals surface area contributed by atoms with E-state index < -0.39 is 0 Å². The summed E-state index contributed by atoms with van der Waals surface area (Å²) in [5.74, 6) is 1.92. The van der Waals surface area contributed by atoms with Gasteiger partial charge in [0.25, 0.3) is 0 Å². The highest BCUT2D eigenvalue weighted by molar-refractivity contribution is 7.99. The first-order chi connectivity index (χ1) is 6.81. The third-order valence-electron chi connectivity index (χ3n) is 1.78. The van der Waals surface area contributed by atoms with Gasteiger partial charge >= 0.3 is 0 Å². The highest BCUT2D eigenvalue weighted by atomic mass is 35.5. The Hall–Kier alpha value is 0.560. The molecule has 0 spiro atoms. The molecule has 1 unspecified atom stereocenters. The predicted octanol–water partition coefficient (Wildman–Crippen LogP) is 2.79. The lowest BCUT2D eigenvalue weighted by Crippen LogP contribution is -2.05. The van der Waals surface area contributed by atoms with Crippen molar-refractivity contribution in [3.05, 3.63) is 0 Å². The number of halogens is 1. The largest absolute Gasteiger partial charge is 0.382 e. The SMILES string of the molecule is COCCOCCCSC(C)CCCl. The van der Waals surface area contributed by atoms with Crippen molar-refractivity contribution < 1.29 is 9.47 Å². The summed E-state index contributed by atoms with van der Waals surface area (Å²) in [5.41, 5.74) is 0. The van der Waals surface area contributed by atoms with Gasteiger partial charge in [0, 0.05) is 24.8 Å². The van der Waals surface area contributed by atoms with Crippen LogP contribution in [-0.2, 0) is 9.47 Å². The van der Waals surface area contributed by atoms with Gasteiger partial charge in [-0.2, -0.15) is 11.8 Å². The van der Waals surface area contributed by atoms with E-state index in [1.54, 1.807) is 7.11 Å². The monoisotopic (exact) mass is 240 g/mol. The quantitative estimate of drug-likeness (QED) is 0.432. The van der Waals surface area contributed by atoms with E-state index in [9.17, 15) is 0 Å². The van der Waals surface area contributed by atoms with Crippen molar-refractivity contribution in [3.63, 3.8) is 0 Å². The van der Waals surface area contributed by atoms with E-state index >= 15 is 0 Å². The van der Waals surface area contributed by atoms with Gasteiger partial charge < -0.3 is 9.47 Å². The van der Waals surface area contributed by atoms with Gasteiger partial charge in [-0.25, -0.2) is 0 Å². The minimum Gasteiger partial charge on any atom is -0.382 e. The maximum Gasteiger partial charge on any atom is 0.0700 e. The molecule has 0 fully saturated rings. The van der Waals surface area contributed by atoms with Crippen LogP contribution in [0.4, 0.5) is 0 Å². The number of methoxy groups -OCH3 is 1. The number of hydrogen-bond acceptors (Lipinski definition) is 3. The molecule has 0 saturated heterocycles. The van der Waals surface area contributed by atoms with Crippen molar-refractivity contribution in [2.75, 3.05) is 38.6 Å². The zero-order chi connectivity index (χ0) is 10.6. The average molecular weight is 241 g/mol. The minimum absolute atomic E-state index is 0.673. The molecule has 1 atom stereocenters. The van der Waals surface area contributed by atoms with Gasteiger partial charge in [-0.3, -0.25) is 0 Å². The van der Waals surface area contributed by atoms with Gasteiger partial charge in [-0.1, -0.05) is 6.92 Å². The van der Waals surface area contributed by atoms with Crippen molar-refractivity contribution in [1.82, 2.24) is 0 Å². The summed E-state index contributed by atoms with van der Waals surface area (Å²) in [6, 6.07) is 0. The highest BCUT2D eigenvalue weighted by Crippen LogP contribution is 2.15. The first kappa shape index (κ1) is 14.6. The lowest BCUT2D eigenvalue weighted by Gasteiger charge is -2.08. The first-order valence-corrected chi connectivity index (χ1v) is 6.63. The van der Waals surface area contributed by atoms with Crippen LogP contribution in [0.25, 0.3) is 0 Å². The van der Waals surface area contributed by atoms with E-state index in [-0.39, 0.29) is 0 Å². The second-order valence-corrected chi connectivity index (χ2v) is 5.04. The molecule has 0 amide bonds. The van der Waals surface area contributed by atoms with Crippen molar-refractivity contribution >= 4 is 23.4 Å². The van der Waals surface area contributed by atoms with E-state index in [0.29, 0.717) is 18.5 Å². The molecule has 0 N–H and O–H groups in total. The van der Waals surface area contributed by atoms with Crippen LogP contribution >= 0.6 is 23.4 Å². The Kier molecular flexibility index (Phi) is 12.1. The zero-order valence-electron chi connectivity index (χ0n) is 9.13. The number of thioether (sulfide) groups is 1. The second kappa shape index (κ2) is 11.6. The first-order valence-electron chi connectivity index (χ1n) is 5.05. The Balaban J connectivity index is 2.98. The number of hydrogen-bond donors (Lipinski definition) is 0. The summed E-state index contributed by atoms with van der Waals surface area (Å²) < 4.78 is 10.2. The molecule has 2 nitrogen and oxygen atoms in total. The topological polar surface area (TPSA) is 18.5 Å². The molecule has 86 valence electrons. The Morgan fingerprint density at radius 1 is 1.29 bits per heavy atom. The van der Waals surface area contributed by atoms with Crippen LogP contribution in [0.15, 0.2) is 0 Å². The van der Waals surface area contributed by atoms with Crippen molar-refractivity contribution in [2.45, 2.75) is 25.0 Å². The van der Waals surface area contributed by atoms with Crippen LogP contribution in [-0.4, -0.2) is 43.8 Å². The van der Waals surface area contributed by atoms with E-state index in [1.807, 2.05) is 11.8 Å². The van der Waals surface area contributed by atoms with Gasteiger partial charge in [0.15, 0.2) is 0 Å². The molecule has 0 saturated carbocycles. The third kappa shape index (κ3) is 10.6. The molecular formula is C10H21ClO2S. The maximum atomic E-state index is 5.64. The maximum absolute atomic E-state index is 5.64. The second-order valence-electron chi connectivity index (χ2n) is 3.12. The molecule has 0 aromatic rings. The molecule has 0 heterocycles. The molecule has 0 aliphatic carbocycles. The Morgan fingerprint density at radius 2 is 2.07 bits per heavy atom. The van der Waals surface area contributed by atoms with Crippen LogP contribution in [0.1, 0.15) is 19.8 Å². The molecule has 4 heteroatoms. The number of alkyl halides is 1. The summed E-state index contributed by atoms with van der Waals surface area (Å²) in [6.45, 7) is 4.46. The van der Waals surface area contributed by atoms with Crippen LogP contribution < -0.4 is 0 Å². The van der Waals surface area contributed by atoms with Crippen LogP contribution in [0.5, 0.6) is 0 Å². The molecule has 0 bridgehead atoms. The fraction of sp³-hybridized carbons (Fsp3) is 1.00. The highest BCUT2D eigenvalue weighted by Gasteiger charge is 2.00. The van der Waals surface area contributed by atoms with E-state index in [1.165, 1.54) is 0 Å². The van der Waals surface area contributed by atoms with Crippen molar-refractivity contribution in [2.24, 2.45) is 0 Å². The molecular weight excluding hydrogens is 220 g/mol. The van der Waals surface area contributed by atoms with Crippen LogP contribution in [0.2, 0.25) is 0 Å². The normalized spacial score (nSPS) is 13.1. The Bertz CT molecular complexity index is 114. The Labute approximate surface area is 96.7 Å². The molecule has 0 aliphatic heterocycles. The fourth-order valence-electron chi connectivity index (χ4n) is 0.927. The molecule has 0 rings (SSSR count). The molecule has 0 radical (unpaired) electrons. The van der Waals surface area contributed by atoms with Crippen molar-refractivity contribution in [3.8, 4) is 0 Å². The number of rotatable bonds is 10. The molecule has 14 heavy (non-hydrogen) atoms. The predicted molar refractivity (Wildman–Crippen MR) is 64.6 cm³/mol. The number of ether oxygens (including phenoxy) is 2. The van der Waals surface area contributed by atoms with Gasteiger partial charge in [-0.05, 0) is 18.6 Å². The van der Waals surface area contributed by atoms with Gasteiger partial charge in [-0.15, -0.1) is 11.6 Å². The van der Waals surface area contributed by atoms with Gasteiger partial charge in [0.2, 0.25) is 0 Å². The van der Waals surface area contributed by atoms with Crippen molar-refractivity contribution in [1.29, 1.82) is 0 Å². The summed E-state index contributed by atoms with van der Waals surface area (Å²) in [7, 11) is 1.69. The van der Waals surface area contributed by atoms with E-state index in [0.717, 1.165) is 31.1 Å².